The van der Waals surface area contributed by atoms with E-state index in [1.807, 2.05) is 17.5 Å². The van der Waals surface area contributed by atoms with E-state index in [0.717, 1.165) is 17.0 Å². The Balaban J connectivity index is 2.09. The Kier molecular flexibility index (Phi) is 3.39. The molecule has 0 N–H and O–H groups in total. The number of rotatable bonds is 4. The monoisotopic (exact) mass is 250 g/mol. The summed E-state index contributed by atoms with van der Waals surface area (Å²) in [5, 5.41) is 1.94. The third kappa shape index (κ3) is 2.62. The van der Waals surface area contributed by atoms with Crippen LogP contribution in [0.3, 0.4) is 0 Å². The van der Waals surface area contributed by atoms with E-state index in [1.165, 1.54) is 7.11 Å². The SMILES string of the molecule is COC1=CC(=O)C(=O)C=C1OCc1cccs1. The Morgan fingerprint density at radius 3 is 2.47 bits per heavy atom. The molecule has 1 aromatic heterocycles. The van der Waals surface area contributed by atoms with Crippen molar-refractivity contribution in [2.75, 3.05) is 7.11 Å². The van der Waals surface area contributed by atoms with E-state index in [4.69, 9.17) is 9.47 Å². The second kappa shape index (κ2) is 4.97. The van der Waals surface area contributed by atoms with Crippen LogP contribution in [-0.2, 0) is 25.7 Å². The summed E-state index contributed by atoms with van der Waals surface area (Å²) in [4.78, 5) is 23.4. The molecule has 17 heavy (non-hydrogen) atoms. The first kappa shape index (κ1) is 11.6. The summed E-state index contributed by atoms with van der Waals surface area (Å²) in [5.74, 6) is -0.603. The molecule has 88 valence electrons. The van der Waals surface area contributed by atoms with E-state index in [1.54, 1.807) is 11.3 Å². The normalized spacial score (nSPS) is 15.4. The van der Waals surface area contributed by atoms with Crippen molar-refractivity contribution < 1.29 is 19.1 Å². The zero-order valence-corrected chi connectivity index (χ0v) is 9.95. The highest BCUT2D eigenvalue weighted by Gasteiger charge is 2.22. The van der Waals surface area contributed by atoms with Crippen LogP contribution >= 0.6 is 11.3 Å². The summed E-state index contributed by atoms with van der Waals surface area (Å²) >= 11 is 1.56. The molecule has 0 bridgehead atoms. The van der Waals surface area contributed by atoms with Crippen molar-refractivity contribution in [3.8, 4) is 0 Å². The van der Waals surface area contributed by atoms with E-state index in [0.29, 0.717) is 12.4 Å². The molecule has 0 saturated carbocycles. The van der Waals surface area contributed by atoms with Crippen LogP contribution in [0.5, 0.6) is 0 Å². The van der Waals surface area contributed by atoms with Crippen LogP contribution in [0, 0.1) is 0 Å². The summed E-state index contributed by atoms with van der Waals surface area (Å²) < 4.78 is 10.4. The highest BCUT2D eigenvalue weighted by molar-refractivity contribution is 7.09. The third-order valence-corrected chi connectivity index (χ3v) is 3.03. The van der Waals surface area contributed by atoms with E-state index < -0.39 is 11.6 Å². The predicted molar refractivity (Wildman–Crippen MR) is 62.3 cm³/mol. The van der Waals surface area contributed by atoms with Gasteiger partial charge in [-0.2, -0.15) is 0 Å². The number of allylic oxidation sites excluding steroid dienone is 2. The highest BCUT2D eigenvalue weighted by atomic mass is 32.1. The van der Waals surface area contributed by atoms with E-state index in [9.17, 15) is 9.59 Å². The number of hydrogen-bond acceptors (Lipinski definition) is 5. The van der Waals surface area contributed by atoms with Gasteiger partial charge in [0, 0.05) is 17.0 Å². The number of hydrogen-bond donors (Lipinski definition) is 0. The zero-order chi connectivity index (χ0) is 12.3. The zero-order valence-electron chi connectivity index (χ0n) is 9.14. The number of ether oxygens (including phenoxy) is 2. The van der Waals surface area contributed by atoms with Gasteiger partial charge in [-0.1, -0.05) is 6.07 Å². The smallest absolute Gasteiger partial charge is 0.229 e. The number of methoxy groups -OCH3 is 1. The quantitative estimate of drug-likeness (QED) is 0.604. The van der Waals surface area contributed by atoms with E-state index in [-0.39, 0.29) is 5.76 Å². The van der Waals surface area contributed by atoms with E-state index in [2.05, 4.69) is 0 Å². The lowest BCUT2D eigenvalue weighted by molar-refractivity contribution is -0.131. The van der Waals surface area contributed by atoms with Crippen LogP contribution in [0.1, 0.15) is 4.88 Å². The van der Waals surface area contributed by atoms with E-state index >= 15 is 0 Å². The molecule has 0 unspecified atom stereocenters. The average Bonchev–Trinajstić information content (AvgIpc) is 2.83. The van der Waals surface area contributed by atoms with Crippen molar-refractivity contribution in [3.05, 3.63) is 46.1 Å². The van der Waals surface area contributed by atoms with Gasteiger partial charge >= 0.3 is 0 Å². The molecule has 0 aromatic carbocycles. The van der Waals surface area contributed by atoms with Crippen molar-refractivity contribution in [1.29, 1.82) is 0 Å². The Morgan fingerprint density at radius 1 is 1.18 bits per heavy atom. The van der Waals surface area contributed by atoms with Gasteiger partial charge in [-0.05, 0) is 11.4 Å². The fourth-order valence-electron chi connectivity index (χ4n) is 1.34. The van der Waals surface area contributed by atoms with Gasteiger partial charge in [0.1, 0.15) is 6.61 Å². The Hall–Kier alpha value is -1.88. The molecule has 0 radical (unpaired) electrons. The maximum Gasteiger partial charge on any atom is 0.229 e. The molecule has 0 atom stereocenters. The first-order valence-electron chi connectivity index (χ1n) is 4.92. The maximum absolute atomic E-state index is 11.2. The molecule has 1 aromatic rings. The fourth-order valence-corrected chi connectivity index (χ4v) is 1.95. The summed E-state index contributed by atoms with van der Waals surface area (Å²) in [6, 6.07) is 3.84. The third-order valence-electron chi connectivity index (χ3n) is 2.18. The number of carbonyl (C=O) groups is 2. The maximum atomic E-state index is 11.2. The molecule has 0 aliphatic heterocycles. The molecule has 0 saturated heterocycles. The molecule has 1 heterocycles. The summed E-state index contributed by atoms with van der Waals surface area (Å²) in [7, 11) is 1.43. The minimum absolute atomic E-state index is 0.283. The van der Waals surface area contributed by atoms with Crippen molar-refractivity contribution in [2.24, 2.45) is 0 Å². The van der Waals surface area contributed by atoms with Crippen LogP contribution in [0.25, 0.3) is 0 Å². The Labute approximate surface area is 102 Å². The molecule has 4 nitrogen and oxygen atoms in total. The number of carbonyl (C=O) groups excluding carboxylic acids is 2. The average molecular weight is 250 g/mol. The standard InChI is InChI=1S/C12H10O4S/c1-15-11-5-9(13)10(14)6-12(11)16-7-8-3-2-4-17-8/h2-6H,7H2,1H3. The first-order chi connectivity index (χ1) is 8.20. The number of ketones is 2. The van der Waals surface area contributed by atoms with Crippen LogP contribution < -0.4 is 0 Å². The lowest BCUT2D eigenvalue weighted by Gasteiger charge is -2.14. The topological polar surface area (TPSA) is 52.6 Å². The van der Waals surface area contributed by atoms with Crippen molar-refractivity contribution >= 4 is 22.9 Å². The summed E-state index contributed by atoms with van der Waals surface area (Å²) in [5.41, 5.74) is 0. The van der Waals surface area contributed by atoms with Gasteiger partial charge < -0.3 is 9.47 Å². The van der Waals surface area contributed by atoms with Crippen molar-refractivity contribution in [1.82, 2.24) is 0 Å². The molecular weight excluding hydrogens is 240 g/mol. The molecule has 5 heteroatoms. The fraction of sp³-hybridized carbons (Fsp3) is 0.167. The molecule has 1 aliphatic carbocycles. The van der Waals surface area contributed by atoms with Gasteiger partial charge in [-0.15, -0.1) is 11.3 Å². The predicted octanol–water partition coefficient (Wildman–Crippen LogP) is 1.83. The second-order valence-corrected chi connectivity index (χ2v) is 4.35. The lowest BCUT2D eigenvalue weighted by atomic mass is 10.1. The first-order valence-corrected chi connectivity index (χ1v) is 5.80. The summed E-state index contributed by atoms with van der Waals surface area (Å²) in [6.45, 7) is 0.353. The molecule has 0 amide bonds. The minimum Gasteiger partial charge on any atom is -0.493 e. The van der Waals surface area contributed by atoms with Gasteiger partial charge in [-0.25, -0.2) is 0 Å². The highest BCUT2D eigenvalue weighted by Crippen LogP contribution is 2.20. The van der Waals surface area contributed by atoms with Crippen LogP contribution in [0.4, 0.5) is 0 Å². The summed E-state index contributed by atoms with van der Waals surface area (Å²) in [6.07, 6.45) is 2.31. The largest absolute Gasteiger partial charge is 0.493 e. The molecular formula is C12H10O4S. The van der Waals surface area contributed by atoms with Crippen molar-refractivity contribution in [3.63, 3.8) is 0 Å². The molecule has 0 spiro atoms. The molecule has 1 aliphatic rings. The van der Waals surface area contributed by atoms with Gasteiger partial charge in [0.2, 0.25) is 11.6 Å². The Bertz CT molecular complexity index is 497. The van der Waals surface area contributed by atoms with Crippen molar-refractivity contribution in [2.45, 2.75) is 6.61 Å². The van der Waals surface area contributed by atoms with Crippen LogP contribution in [0.15, 0.2) is 41.2 Å². The second-order valence-electron chi connectivity index (χ2n) is 3.32. The van der Waals surface area contributed by atoms with Gasteiger partial charge in [0.25, 0.3) is 0 Å². The minimum atomic E-state index is -0.592. The molecule has 2 rings (SSSR count). The van der Waals surface area contributed by atoms with Gasteiger partial charge in [0.15, 0.2) is 11.5 Å². The van der Waals surface area contributed by atoms with Gasteiger partial charge in [-0.3, -0.25) is 9.59 Å². The Morgan fingerprint density at radius 2 is 1.88 bits per heavy atom. The molecule has 0 fully saturated rings. The lowest BCUT2D eigenvalue weighted by Crippen LogP contribution is -2.16. The van der Waals surface area contributed by atoms with Crippen LogP contribution in [-0.4, -0.2) is 18.7 Å². The number of thiophene rings is 1. The van der Waals surface area contributed by atoms with Gasteiger partial charge in [0.05, 0.1) is 7.11 Å². The van der Waals surface area contributed by atoms with Crippen LogP contribution in [0.2, 0.25) is 0 Å².